The lowest BCUT2D eigenvalue weighted by Crippen LogP contribution is -2.19. The fourth-order valence-corrected chi connectivity index (χ4v) is 1.83. The Morgan fingerprint density at radius 1 is 1.46 bits per heavy atom. The lowest BCUT2D eigenvalue weighted by molar-refractivity contribution is 0.259. The van der Waals surface area contributed by atoms with Crippen molar-refractivity contribution >= 4 is 33.5 Å². The van der Waals surface area contributed by atoms with Gasteiger partial charge in [-0.25, -0.2) is 4.79 Å². The van der Waals surface area contributed by atoms with Gasteiger partial charge in [0.25, 0.3) is 0 Å². The Hall–Kier alpha value is -1.62. The van der Waals surface area contributed by atoms with Crippen LogP contribution in [0.1, 0.15) is 0 Å². The number of benzene rings is 1. The topological polar surface area (TPSA) is 68.0 Å². The van der Waals surface area contributed by atoms with Crippen LogP contribution in [0.15, 0.2) is 24.3 Å². The number of nitrogens with two attached hydrogens (primary N) is 1. The smallest absolute Gasteiger partial charge is 0.317 e. The number of aromatic nitrogens is 1. The Labute approximate surface area is 78.5 Å². The second-order valence-corrected chi connectivity index (χ2v) is 3.32. The number of urea groups is 1. The minimum atomic E-state index is -0.587. The van der Waals surface area contributed by atoms with Crippen molar-refractivity contribution in [1.82, 2.24) is 4.37 Å². The molecule has 0 aliphatic rings. The third kappa shape index (κ3) is 1.46. The molecule has 0 spiro atoms. The van der Waals surface area contributed by atoms with Gasteiger partial charge >= 0.3 is 6.03 Å². The molecule has 0 unspecified atom stereocenters. The molecule has 13 heavy (non-hydrogen) atoms. The highest BCUT2D eigenvalue weighted by Gasteiger charge is 2.05. The van der Waals surface area contributed by atoms with Crippen molar-refractivity contribution in [3.8, 4) is 0 Å². The van der Waals surface area contributed by atoms with Crippen LogP contribution in [0.4, 0.5) is 10.6 Å². The Kier molecular flexibility index (Phi) is 1.86. The molecule has 0 fully saturated rings. The van der Waals surface area contributed by atoms with Gasteiger partial charge in [-0.2, -0.15) is 4.37 Å². The van der Waals surface area contributed by atoms with E-state index in [9.17, 15) is 4.79 Å². The van der Waals surface area contributed by atoms with Crippen LogP contribution in [0.3, 0.4) is 0 Å². The minimum absolute atomic E-state index is 0.535. The molecule has 4 nitrogen and oxygen atoms in total. The molecule has 0 aliphatic carbocycles. The van der Waals surface area contributed by atoms with Gasteiger partial charge in [0.15, 0.2) is 5.82 Å². The number of amides is 2. The molecule has 1 aromatic heterocycles. The molecule has 3 N–H and O–H groups in total. The van der Waals surface area contributed by atoms with E-state index in [0.717, 1.165) is 10.1 Å². The van der Waals surface area contributed by atoms with E-state index < -0.39 is 6.03 Å². The number of fused-ring (bicyclic) bond motifs is 1. The molecule has 2 rings (SSSR count). The maximum atomic E-state index is 10.6. The average Bonchev–Trinajstić information content (AvgIpc) is 2.48. The summed E-state index contributed by atoms with van der Waals surface area (Å²) in [7, 11) is 0. The molecule has 1 heterocycles. The van der Waals surface area contributed by atoms with Crippen molar-refractivity contribution in [2.45, 2.75) is 0 Å². The van der Waals surface area contributed by atoms with Crippen molar-refractivity contribution < 1.29 is 4.79 Å². The van der Waals surface area contributed by atoms with E-state index in [-0.39, 0.29) is 0 Å². The molecule has 2 aromatic rings. The Balaban J connectivity index is 2.51. The Morgan fingerprint density at radius 2 is 2.23 bits per heavy atom. The molecule has 2 amide bonds. The molecule has 0 aliphatic heterocycles. The largest absolute Gasteiger partial charge is 0.351 e. The van der Waals surface area contributed by atoms with Crippen molar-refractivity contribution in [3.05, 3.63) is 24.3 Å². The van der Waals surface area contributed by atoms with Gasteiger partial charge in [-0.15, -0.1) is 0 Å². The monoisotopic (exact) mass is 193 g/mol. The summed E-state index contributed by atoms with van der Waals surface area (Å²) in [4.78, 5) is 10.6. The van der Waals surface area contributed by atoms with Gasteiger partial charge in [0, 0.05) is 5.39 Å². The number of nitrogens with zero attached hydrogens (tertiary/aromatic N) is 1. The summed E-state index contributed by atoms with van der Waals surface area (Å²) < 4.78 is 5.10. The maximum Gasteiger partial charge on any atom is 0.317 e. The quantitative estimate of drug-likeness (QED) is 0.724. The van der Waals surface area contributed by atoms with Crippen LogP contribution in [0, 0.1) is 0 Å². The lowest BCUT2D eigenvalue weighted by atomic mass is 10.3. The number of carbonyl (C=O) groups excluding carboxylic acids is 1. The van der Waals surface area contributed by atoms with Gasteiger partial charge in [0.1, 0.15) is 0 Å². The predicted octanol–water partition coefficient (Wildman–Crippen LogP) is 1.79. The lowest BCUT2D eigenvalue weighted by Gasteiger charge is -1.95. The van der Waals surface area contributed by atoms with Gasteiger partial charge < -0.3 is 5.73 Å². The summed E-state index contributed by atoms with van der Waals surface area (Å²) in [5, 5.41) is 3.39. The molecule has 0 bridgehead atoms. The van der Waals surface area contributed by atoms with Gasteiger partial charge in [-0.1, -0.05) is 12.1 Å². The third-order valence-corrected chi connectivity index (χ3v) is 2.45. The Bertz CT molecular complexity index is 451. The summed E-state index contributed by atoms with van der Waals surface area (Å²) in [6.45, 7) is 0. The number of hydrogen-bond acceptors (Lipinski definition) is 3. The summed E-state index contributed by atoms with van der Waals surface area (Å²) in [5.41, 5.74) is 4.99. The molecule has 1 aromatic carbocycles. The van der Waals surface area contributed by atoms with E-state index in [0.29, 0.717) is 5.82 Å². The normalized spacial score (nSPS) is 10.2. The number of nitrogens with one attached hydrogen (secondary N) is 1. The molecular formula is C8H7N3OS. The van der Waals surface area contributed by atoms with Crippen LogP contribution < -0.4 is 11.1 Å². The van der Waals surface area contributed by atoms with Crippen LogP contribution in [-0.4, -0.2) is 10.4 Å². The molecule has 0 saturated heterocycles. The zero-order valence-corrected chi connectivity index (χ0v) is 7.47. The molecule has 0 radical (unpaired) electrons. The van der Waals surface area contributed by atoms with E-state index in [1.165, 1.54) is 11.5 Å². The first kappa shape index (κ1) is 8.00. The van der Waals surface area contributed by atoms with Gasteiger partial charge in [0.05, 0.1) is 4.70 Å². The SMILES string of the molecule is NC(=O)Nc1nsc2ccccc12. The second kappa shape index (κ2) is 3.02. The van der Waals surface area contributed by atoms with Gasteiger partial charge in [0.2, 0.25) is 0 Å². The van der Waals surface area contributed by atoms with Crippen LogP contribution >= 0.6 is 11.5 Å². The summed E-state index contributed by atoms with van der Waals surface area (Å²) in [6.07, 6.45) is 0. The van der Waals surface area contributed by atoms with Gasteiger partial charge in [-0.05, 0) is 23.7 Å². The van der Waals surface area contributed by atoms with E-state index in [1.807, 2.05) is 24.3 Å². The number of carbonyl (C=O) groups is 1. The average molecular weight is 193 g/mol. The standard InChI is InChI=1S/C8H7N3OS/c9-8(12)10-7-5-3-1-2-4-6(5)13-11-7/h1-4H,(H3,9,10,11,12). The summed E-state index contributed by atoms with van der Waals surface area (Å²) in [6, 6.07) is 7.07. The highest BCUT2D eigenvalue weighted by Crippen LogP contribution is 2.25. The first-order valence-corrected chi connectivity index (χ1v) is 4.45. The number of anilines is 1. The van der Waals surface area contributed by atoms with Crippen LogP contribution in [0.5, 0.6) is 0 Å². The highest BCUT2D eigenvalue weighted by molar-refractivity contribution is 7.13. The van der Waals surface area contributed by atoms with E-state index in [4.69, 9.17) is 5.73 Å². The maximum absolute atomic E-state index is 10.6. The molecule has 0 saturated carbocycles. The zero-order valence-electron chi connectivity index (χ0n) is 6.65. The molecule has 5 heteroatoms. The fraction of sp³-hybridized carbons (Fsp3) is 0. The van der Waals surface area contributed by atoms with Crippen molar-refractivity contribution in [2.75, 3.05) is 5.32 Å². The highest BCUT2D eigenvalue weighted by atomic mass is 32.1. The Morgan fingerprint density at radius 3 is 3.00 bits per heavy atom. The molecular weight excluding hydrogens is 186 g/mol. The van der Waals surface area contributed by atoms with Crippen LogP contribution in [-0.2, 0) is 0 Å². The molecule has 0 atom stereocenters. The van der Waals surface area contributed by atoms with E-state index >= 15 is 0 Å². The fourth-order valence-electron chi connectivity index (χ4n) is 1.09. The number of rotatable bonds is 1. The zero-order chi connectivity index (χ0) is 9.26. The number of primary amides is 1. The van der Waals surface area contributed by atoms with E-state index in [2.05, 4.69) is 9.69 Å². The second-order valence-electron chi connectivity index (χ2n) is 2.52. The van der Waals surface area contributed by atoms with E-state index in [1.54, 1.807) is 0 Å². The summed E-state index contributed by atoms with van der Waals surface area (Å²) in [5.74, 6) is 0.535. The minimum Gasteiger partial charge on any atom is -0.351 e. The predicted molar refractivity (Wildman–Crippen MR) is 52.8 cm³/mol. The third-order valence-electron chi connectivity index (χ3n) is 1.62. The molecule has 66 valence electrons. The first-order valence-electron chi connectivity index (χ1n) is 3.68. The number of hydrogen-bond donors (Lipinski definition) is 2. The van der Waals surface area contributed by atoms with Crippen molar-refractivity contribution in [3.63, 3.8) is 0 Å². The first-order chi connectivity index (χ1) is 6.27. The van der Waals surface area contributed by atoms with Crippen LogP contribution in [0.25, 0.3) is 10.1 Å². The van der Waals surface area contributed by atoms with Crippen LogP contribution in [0.2, 0.25) is 0 Å². The van der Waals surface area contributed by atoms with Crippen molar-refractivity contribution in [2.24, 2.45) is 5.73 Å². The summed E-state index contributed by atoms with van der Waals surface area (Å²) >= 11 is 1.34. The van der Waals surface area contributed by atoms with Gasteiger partial charge in [-0.3, -0.25) is 5.32 Å². The van der Waals surface area contributed by atoms with Crippen molar-refractivity contribution in [1.29, 1.82) is 0 Å².